The van der Waals surface area contributed by atoms with E-state index >= 15 is 0 Å². The molecular weight excluding hydrogens is 296 g/mol. The molecule has 0 unspecified atom stereocenters. The third kappa shape index (κ3) is 3.95. The van der Waals surface area contributed by atoms with Crippen molar-refractivity contribution >= 4 is 28.7 Å². The lowest BCUT2D eigenvalue weighted by Crippen LogP contribution is -2.40. The van der Waals surface area contributed by atoms with Gasteiger partial charge >= 0.3 is 0 Å². The van der Waals surface area contributed by atoms with Crippen molar-refractivity contribution in [3.8, 4) is 0 Å². The fourth-order valence-electron chi connectivity index (χ4n) is 2.04. The summed E-state index contributed by atoms with van der Waals surface area (Å²) < 4.78 is 0. The first kappa shape index (κ1) is 16.2. The predicted molar refractivity (Wildman–Crippen MR) is 91.0 cm³/mol. The minimum absolute atomic E-state index is 0.0128. The van der Waals surface area contributed by atoms with Crippen molar-refractivity contribution < 1.29 is 9.59 Å². The summed E-state index contributed by atoms with van der Waals surface area (Å²) in [4.78, 5) is 26.1. The van der Waals surface area contributed by atoms with Gasteiger partial charge in [-0.05, 0) is 32.0 Å². The molecule has 0 radical (unpaired) electrons. The third-order valence-electron chi connectivity index (χ3n) is 3.59. The average Bonchev–Trinajstić information content (AvgIpc) is 3.02. The molecule has 0 aliphatic rings. The van der Waals surface area contributed by atoms with Gasteiger partial charge in [-0.2, -0.15) is 0 Å². The summed E-state index contributed by atoms with van der Waals surface area (Å²) in [5.74, 6) is -0.154. The van der Waals surface area contributed by atoms with Gasteiger partial charge in [0, 0.05) is 30.7 Å². The molecule has 0 spiro atoms. The van der Waals surface area contributed by atoms with E-state index in [9.17, 15) is 9.59 Å². The second-order valence-corrected chi connectivity index (χ2v) is 6.17. The van der Waals surface area contributed by atoms with E-state index in [1.54, 1.807) is 11.4 Å². The second kappa shape index (κ2) is 7.22. The lowest BCUT2D eigenvalue weighted by molar-refractivity contribution is 0.0952. The van der Waals surface area contributed by atoms with Crippen molar-refractivity contribution in [2.24, 2.45) is 0 Å². The summed E-state index contributed by atoms with van der Waals surface area (Å²) in [5.41, 5.74) is 1.66. The zero-order valence-electron chi connectivity index (χ0n) is 13.0. The summed E-state index contributed by atoms with van der Waals surface area (Å²) >= 11 is 1.30. The lowest BCUT2D eigenvalue weighted by atomic mass is 10.2. The van der Waals surface area contributed by atoms with Crippen LogP contribution in [0.1, 0.15) is 33.9 Å². The molecule has 1 heterocycles. The van der Waals surface area contributed by atoms with Gasteiger partial charge in [-0.3, -0.25) is 9.59 Å². The largest absolute Gasteiger partial charge is 0.370 e. The first-order chi connectivity index (χ1) is 10.5. The zero-order chi connectivity index (χ0) is 16.1. The SMILES string of the molecule is CC(=O)c1cc(C(=O)NC[C@H](C)N(C)c2ccccc2)cs1. The average molecular weight is 316 g/mol. The molecule has 0 bridgehead atoms. The fraction of sp³-hybridized carbons (Fsp3) is 0.294. The number of hydrogen-bond donors (Lipinski definition) is 1. The van der Waals surface area contributed by atoms with Crippen LogP contribution in [0.3, 0.4) is 0 Å². The molecule has 1 N–H and O–H groups in total. The normalized spacial score (nSPS) is 11.8. The Morgan fingerprint density at radius 3 is 2.55 bits per heavy atom. The van der Waals surface area contributed by atoms with Crippen LogP contribution in [0.5, 0.6) is 0 Å². The van der Waals surface area contributed by atoms with Crippen molar-refractivity contribution in [3.63, 3.8) is 0 Å². The highest BCUT2D eigenvalue weighted by molar-refractivity contribution is 7.12. The van der Waals surface area contributed by atoms with Crippen LogP contribution in [0.15, 0.2) is 41.8 Å². The standard InChI is InChI=1S/C17H20N2O2S/c1-12(19(3)15-7-5-4-6-8-15)10-18-17(21)14-9-16(13(2)20)22-11-14/h4-9,11-12H,10H2,1-3H3,(H,18,21)/t12-/m0/s1. The molecular formula is C17H20N2O2S. The molecule has 0 saturated heterocycles. The number of benzene rings is 1. The van der Waals surface area contributed by atoms with E-state index < -0.39 is 0 Å². The maximum Gasteiger partial charge on any atom is 0.252 e. The van der Waals surface area contributed by atoms with Crippen molar-refractivity contribution in [2.75, 3.05) is 18.5 Å². The van der Waals surface area contributed by atoms with Crippen LogP contribution in [0.4, 0.5) is 5.69 Å². The van der Waals surface area contributed by atoms with Crippen LogP contribution >= 0.6 is 11.3 Å². The van der Waals surface area contributed by atoms with E-state index in [-0.39, 0.29) is 17.7 Å². The van der Waals surface area contributed by atoms with Gasteiger partial charge in [-0.1, -0.05) is 18.2 Å². The van der Waals surface area contributed by atoms with Crippen molar-refractivity contribution in [1.29, 1.82) is 0 Å². The van der Waals surface area contributed by atoms with Gasteiger partial charge in [0.25, 0.3) is 5.91 Å². The molecule has 1 atom stereocenters. The minimum Gasteiger partial charge on any atom is -0.370 e. The Morgan fingerprint density at radius 1 is 1.27 bits per heavy atom. The number of para-hydroxylation sites is 1. The van der Waals surface area contributed by atoms with Crippen LogP contribution in [-0.2, 0) is 0 Å². The Kier molecular flexibility index (Phi) is 5.33. The zero-order valence-corrected chi connectivity index (χ0v) is 13.8. The number of rotatable bonds is 6. The quantitative estimate of drug-likeness (QED) is 0.833. The topological polar surface area (TPSA) is 49.4 Å². The summed E-state index contributed by atoms with van der Waals surface area (Å²) in [6, 6.07) is 11.8. The number of Topliss-reactive ketones (excluding diaryl/α,β-unsaturated/α-hetero) is 1. The summed E-state index contributed by atoms with van der Waals surface area (Å²) in [5, 5.41) is 4.64. The van der Waals surface area contributed by atoms with E-state index in [0.717, 1.165) is 5.69 Å². The van der Waals surface area contributed by atoms with Gasteiger partial charge < -0.3 is 10.2 Å². The van der Waals surface area contributed by atoms with Crippen LogP contribution in [-0.4, -0.2) is 31.3 Å². The molecule has 0 fully saturated rings. The molecule has 1 aromatic heterocycles. The Morgan fingerprint density at radius 2 is 1.95 bits per heavy atom. The molecule has 116 valence electrons. The number of anilines is 1. The van der Waals surface area contributed by atoms with Crippen LogP contribution < -0.4 is 10.2 Å². The fourth-order valence-corrected chi connectivity index (χ4v) is 2.83. The highest BCUT2D eigenvalue weighted by Crippen LogP contribution is 2.16. The second-order valence-electron chi connectivity index (χ2n) is 5.26. The number of carbonyl (C=O) groups is 2. The lowest BCUT2D eigenvalue weighted by Gasteiger charge is -2.27. The third-order valence-corrected chi connectivity index (χ3v) is 4.62. The minimum atomic E-state index is -0.142. The molecule has 5 heteroatoms. The maximum absolute atomic E-state index is 12.1. The van der Waals surface area contributed by atoms with E-state index in [1.807, 2.05) is 37.4 Å². The molecule has 0 saturated carbocycles. The van der Waals surface area contributed by atoms with Crippen molar-refractivity contribution in [3.05, 3.63) is 52.2 Å². The highest BCUT2D eigenvalue weighted by Gasteiger charge is 2.14. The summed E-state index contributed by atoms with van der Waals surface area (Å²) in [6.07, 6.45) is 0. The Balaban J connectivity index is 1.91. The number of nitrogens with zero attached hydrogens (tertiary/aromatic N) is 1. The smallest absolute Gasteiger partial charge is 0.252 e. The predicted octanol–water partition coefficient (Wildman–Crippen LogP) is 3.21. The Hall–Kier alpha value is -2.14. The molecule has 0 aliphatic carbocycles. The first-order valence-corrected chi connectivity index (χ1v) is 8.02. The van der Waals surface area contributed by atoms with E-state index in [4.69, 9.17) is 0 Å². The molecule has 2 aromatic rings. The number of amides is 1. The molecule has 22 heavy (non-hydrogen) atoms. The number of thiophene rings is 1. The van der Waals surface area contributed by atoms with Gasteiger partial charge in [0.2, 0.25) is 0 Å². The van der Waals surface area contributed by atoms with Gasteiger partial charge in [0.1, 0.15) is 0 Å². The maximum atomic E-state index is 12.1. The number of nitrogens with one attached hydrogen (secondary N) is 1. The van der Waals surface area contributed by atoms with Gasteiger partial charge in [0.05, 0.1) is 10.4 Å². The van der Waals surface area contributed by atoms with Gasteiger partial charge in [-0.15, -0.1) is 11.3 Å². The van der Waals surface area contributed by atoms with Crippen molar-refractivity contribution in [2.45, 2.75) is 19.9 Å². The highest BCUT2D eigenvalue weighted by atomic mass is 32.1. The van der Waals surface area contributed by atoms with Crippen LogP contribution in [0.25, 0.3) is 0 Å². The summed E-state index contributed by atoms with van der Waals surface area (Å²) in [7, 11) is 2.00. The molecule has 0 aliphatic heterocycles. The van der Waals surface area contributed by atoms with Crippen molar-refractivity contribution in [1.82, 2.24) is 5.32 Å². The number of likely N-dealkylation sites (N-methyl/N-ethyl adjacent to an activating group) is 1. The molecule has 2 rings (SSSR count). The van der Waals surface area contributed by atoms with E-state index in [2.05, 4.69) is 17.1 Å². The number of ketones is 1. The Labute approximate surface area is 134 Å². The van der Waals surface area contributed by atoms with Gasteiger partial charge in [0.15, 0.2) is 5.78 Å². The Bertz CT molecular complexity index is 652. The molecule has 1 amide bonds. The number of carbonyl (C=O) groups excluding carboxylic acids is 2. The molecule has 1 aromatic carbocycles. The first-order valence-electron chi connectivity index (χ1n) is 7.14. The van der Waals surface area contributed by atoms with Crippen LogP contribution in [0.2, 0.25) is 0 Å². The van der Waals surface area contributed by atoms with Crippen LogP contribution in [0, 0.1) is 0 Å². The number of hydrogen-bond acceptors (Lipinski definition) is 4. The van der Waals surface area contributed by atoms with Gasteiger partial charge in [-0.25, -0.2) is 0 Å². The monoisotopic (exact) mass is 316 g/mol. The van der Waals surface area contributed by atoms with E-state index in [1.165, 1.54) is 18.3 Å². The summed E-state index contributed by atoms with van der Waals surface area (Å²) in [6.45, 7) is 4.10. The van der Waals surface area contributed by atoms with E-state index in [0.29, 0.717) is 17.0 Å². The molecule has 4 nitrogen and oxygen atoms in total.